The van der Waals surface area contributed by atoms with E-state index in [9.17, 15) is 35.1 Å². The molecule has 10 heteroatoms. The van der Waals surface area contributed by atoms with E-state index in [0.717, 1.165) is 0 Å². The quantitative estimate of drug-likeness (QED) is 0.672. The number of hydrogen-bond acceptors (Lipinski definition) is 2. The lowest BCUT2D eigenvalue weighted by molar-refractivity contribution is -0.347. The molecular weight excluding hydrogens is 304 g/mol. The van der Waals surface area contributed by atoms with Crippen LogP contribution in [0.25, 0.3) is 0 Å². The number of alkyl halides is 8. The van der Waals surface area contributed by atoms with Gasteiger partial charge in [0, 0.05) is 5.41 Å². The molecule has 0 saturated carbocycles. The minimum absolute atomic E-state index is 0.141. The maximum absolute atomic E-state index is 13.0. The fourth-order valence-electron chi connectivity index (χ4n) is 1.43. The Balaban J connectivity index is 2.66. The molecule has 0 N–H and O–H groups in total. The van der Waals surface area contributed by atoms with Crippen molar-refractivity contribution in [3.05, 3.63) is 0 Å². The van der Waals surface area contributed by atoms with Crippen LogP contribution in [0, 0.1) is 5.41 Å². The molecule has 0 bridgehead atoms. The highest BCUT2D eigenvalue weighted by molar-refractivity contribution is 4.98. The van der Waals surface area contributed by atoms with Crippen LogP contribution in [-0.4, -0.2) is 50.6 Å². The first-order valence-electron chi connectivity index (χ1n) is 5.43. The molecule has 1 saturated heterocycles. The first-order valence-corrected chi connectivity index (χ1v) is 5.43. The maximum atomic E-state index is 13.0. The third-order valence-electron chi connectivity index (χ3n) is 2.79. The van der Waals surface area contributed by atoms with E-state index >= 15 is 0 Å². The highest BCUT2D eigenvalue weighted by atomic mass is 19.4. The molecule has 1 aliphatic heterocycles. The number of ether oxygens (including phenoxy) is 2. The van der Waals surface area contributed by atoms with Crippen LogP contribution in [0.1, 0.15) is 6.92 Å². The molecule has 2 nitrogen and oxygen atoms in total. The lowest BCUT2D eigenvalue weighted by Crippen LogP contribution is -2.59. The van der Waals surface area contributed by atoms with Gasteiger partial charge < -0.3 is 9.47 Å². The number of halogens is 8. The van der Waals surface area contributed by atoms with E-state index in [0.29, 0.717) is 0 Å². The van der Waals surface area contributed by atoms with E-state index in [1.807, 2.05) is 0 Å². The largest absolute Gasteiger partial charge is 0.380 e. The van der Waals surface area contributed by atoms with Gasteiger partial charge in [-0.15, -0.1) is 0 Å². The Morgan fingerprint density at radius 2 is 1.60 bits per heavy atom. The molecule has 1 heterocycles. The second-order valence-electron chi connectivity index (χ2n) is 5.00. The van der Waals surface area contributed by atoms with Gasteiger partial charge in [0.05, 0.1) is 19.8 Å². The molecule has 1 aliphatic rings. The highest BCUT2D eigenvalue weighted by Crippen LogP contribution is 2.48. The van der Waals surface area contributed by atoms with Crippen LogP contribution in [0.2, 0.25) is 0 Å². The summed E-state index contributed by atoms with van der Waals surface area (Å²) in [5.74, 6) is -17.8. The van der Waals surface area contributed by atoms with Crippen LogP contribution in [0.3, 0.4) is 0 Å². The number of rotatable bonds is 7. The monoisotopic (exact) mass is 316 g/mol. The predicted molar refractivity (Wildman–Crippen MR) is 50.6 cm³/mol. The van der Waals surface area contributed by atoms with Gasteiger partial charge in [-0.05, 0) is 0 Å². The first-order chi connectivity index (χ1) is 8.86. The van der Waals surface area contributed by atoms with Crippen LogP contribution < -0.4 is 0 Å². The van der Waals surface area contributed by atoms with E-state index in [1.165, 1.54) is 0 Å². The lowest BCUT2D eigenvalue weighted by atomic mass is 9.90. The van der Waals surface area contributed by atoms with Crippen molar-refractivity contribution in [3.63, 3.8) is 0 Å². The van der Waals surface area contributed by atoms with Crippen LogP contribution in [-0.2, 0) is 9.47 Å². The first kappa shape index (κ1) is 17.4. The topological polar surface area (TPSA) is 18.5 Å². The van der Waals surface area contributed by atoms with Gasteiger partial charge in [-0.3, -0.25) is 0 Å². The SMILES string of the molecule is CC1(COCC(F)(F)C(F)(F)C(F)(F)C(F)F)COC1. The van der Waals surface area contributed by atoms with Gasteiger partial charge in [0.15, 0.2) is 0 Å². The van der Waals surface area contributed by atoms with Gasteiger partial charge in [0.25, 0.3) is 0 Å². The molecule has 0 spiro atoms. The highest BCUT2D eigenvalue weighted by Gasteiger charge is 2.75. The summed E-state index contributed by atoms with van der Waals surface area (Å²) in [7, 11) is 0. The van der Waals surface area contributed by atoms with Crippen molar-refractivity contribution >= 4 is 0 Å². The van der Waals surface area contributed by atoms with Crippen molar-refractivity contribution in [3.8, 4) is 0 Å². The summed E-state index contributed by atoms with van der Waals surface area (Å²) >= 11 is 0. The van der Waals surface area contributed by atoms with E-state index in [4.69, 9.17) is 4.74 Å². The lowest BCUT2D eigenvalue weighted by Gasteiger charge is -2.38. The molecule has 0 atom stereocenters. The normalized spacial score (nSPS) is 20.1. The summed E-state index contributed by atoms with van der Waals surface area (Å²) < 4.78 is 109. The summed E-state index contributed by atoms with van der Waals surface area (Å²) in [5, 5.41) is 0. The van der Waals surface area contributed by atoms with Gasteiger partial charge in [-0.2, -0.15) is 26.3 Å². The summed E-state index contributed by atoms with van der Waals surface area (Å²) in [4.78, 5) is 0. The molecule has 0 aromatic heterocycles. The average Bonchev–Trinajstić information content (AvgIpc) is 2.25. The third-order valence-corrected chi connectivity index (χ3v) is 2.79. The minimum Gasteiger partial charge on any atom is -0.380 e. The summed E-state index contributed by atoms with van der Waals surface area (Å²) in [6, 6.07) is 0. The van der Waals surface area contributed by atoms with E-state index < -0.39 is 42.8 Å². The van der Waals surface area contributed by atoms with E-state index in [-0.39, 0.29) is 13.2 Å². The molecule has 0 unspecified atom stereocenters. The van der Waals surface area contributed by atoms with Gasteiger partial charge in [-0.25, -0.2) is 8.78 Å². The zero-order valence-corrected chi connectivity index (χ0v) is 10.2. The Morgan fingerprint density at radius 3 is 1.95 bits per heavy atom. The average molecular weight is 316 g/mol. The second-order valence-corrected chi connectivity index (χ2v) is 5.00. The molecule has 0 aromatic carbocycles. The third kappa shape index (κ3) is 3.00. The van der Waals surface area contributed by atoms with Crippen LogP contribution >= 0.6 is 0 Å². The molecule has 0 amide bonds. The van der Waals surface area contributed by atoms with Crippen molar-refractivity contribution < 1.29 is 44.6 Å². The molecule has 1 fully saturated rings. The van der Waals surface area contributed by atoms with E-state index in [1.54, 1.807) is 6.92 Å². The molecule has 20 heavy (non-hydrogen) atoms. The van der Waals surface area contributed by atoms with Gasteiger partial charge in [0.1, 0.15) is 6.61 Å². The Kier molecular flexibility index (Phi) is 4.60. The molecule has 0 aliphatic carbocycles. The van der Waals surface area contributed by atoms with Gasteiger partial charge in [0.2, 0.25) is 0 Å². The molecule has 0 aromatic rings. The van der Waals surface area contributed by atoms with Crippen molar-refractivity contribution in [2.45, 2.75) is 31.1 Å². The fourth-order valence-corrected chi connectivity index (χ4v) is 1.43. The Morgan fingerprint density at radius 1 is 1.10 bits per heavy atom. The van der Waals surface area contributed by atoms with Crippen molar-refractivity contribution in [1.82, 2.24) is 0 Å². The number of hydrogen-bond donors (Lipinski definition) is 0. The summed E-state index contributed by atoms with van der Waals surface area (Å²) in [5.41, 5.74) is -0.670. The molecule has 120 valence electrons. The smallest absolute Gasteiger partial charge is 0.380 e. The predicted octanol–water partition coefficient (Wildman–Crippen LogP) is 3.21. The second kappa shape index (κ2) is 5.28. The van der Waals surface area contributed by atoms with Crippen molar-refractivity contribution in [2.24, 2.45) is 5.41 Å². The van der Waals surface area contributed by atoms with Crippen molar-refractivity contribution in [2.75, 3.05) is 26.4 Å². The van der Waals surface area contributed by atoms with E-state index in [2.05, 4.69) is 4.74 Å². The maximum Gasteiger partial charge on any atom is 0.380 e. The summed E-state index contributed by atoms with van der Waals surface area (Å²) in [6.45, 7) is -0.693. The zero-order valence-electron chi connectivity index (χ0n) is 10.2. The summed E-state index contributed by atoms with van der Waals surface area (Å²) in [6.07, 6.45) is -4.92. The van der Waals surface area contributed by atoms with Crippen molar-refractivity contribution in [1.29, 1.82) is 0 Å². The van der Waals surface area contributed by atoms with Gasteiger partial charge >= 0.3 is 24.2 Å². The Bertz CT molecular complexity index is 340. The zero-order chi connectivity index (χ0) is 15.8. The fraction of sp³-hybridized carbons (Fsp3) is 1.00. The van der Waals surface area contributed by atoms with Crippen LogP contribution in [0.15, 0.2) is 0 Å². The Hall–Kier alpha value is -0.640. The minimum atomic E-state index is -6.22. The molecule has 0 radical (unpaired) electrons. The van der Waals surface area contributed by atoms with Crippen LogP contribution in [0.4, 0.5) is 35.1 Å². The molecular formula is C10H12F8O2. The van der Waals surface area contributed by atoms with Gasteiger partial charge in [-0.1, -0.05) is 6.92 Å². The molecule has 1 rings (SSSR count). The van der Waals surface area contributed by atoms with Crippen LogP contribution in [0.5, 0.6) is 0 Å². The Labute approximate surface area is 109 Å². The standard InChI is InChI=1S/C10H12F8O2/c1-7(2-19-3-7)4-20-5-8(13,14)10(17,18)9(15,16)6(11)12/h6H,2-5H2,1H3.